The van der Waals surface area contributed by atoms with Crippen LogP contribution >= 0.6 is 27.3 Å². The van der Waals surface area contributed by atoms with Crippen molar-refractivity contribution in [3.63, 3.8) is 0 Å². The summed E-state index contributed by atoms with van der Waals surface area (Å²) in [4.78, 5) is 12.6. The Hall–Kier alpha value is -0.190. The van der Waals surface area contributed by atoms with Crippen LogP contribution in [0.3, 0.4) is 0 Å². The molecule has 0 saturated carbocycles. The van der Waals surface area contributed by atoms with Crippen LogP contribution in [0.4, 0.5) is 0 Å². The quantitative estimate of drug-likeness (QED) is 0.812. The second-order valence-corrected chi connectivity index (χ2v) is 5.10. The molecule has 78 valence electrons. The molecule has 1 aromatic heterocycles. The number of unbranched alkanes of at least 4 members (excludes halogenated alkanes) is 1. The average molecular weight is 276 g/mol. The smallest absolute Gasteiger partial charge is 0.138 e. The molecule has 2 nitrogen and oxygen atoms in total. The maximum Gasteiger partial charge on any atom is 0.138 e. The Bertz CT molecular complexity index is 298. The summed E-state index contributed by atoms with van der Waals surface area (Å²) in [6, 6.07) is 2.01. The van der Waals surface area contributed by atoms with E-state index in [1.807, 2.05) is 11.4 Å². The molecular formula is C10H14BrNOS. The third kappa shape index (κ3) is 4.35. The van der Waals surface area contributed by atoms with Crippen molar-refractivity contribution in [2.45, 2.75) is 25.7 Å². The lowest BCUT2D eigenvalue weighted by molar-refractivity contribution is -0.118. The van der Waals surface area contributed by atoms with Crippen molar-refractivity contribution >= 4 is 33.0 Å². The van der Waals surface area contributed by atoms with E-state index >= 15 is 0 Å². The average Bonchev–Trinajstić information content (AvgIpc) is 2.52. The van der Waals surface area contributed by atoms with Crippen LogP contribution in [0.5, 0.6) is 0 Å². The number of rotatable bonds is 6. The molecule has 14 heavy (non-hydrogen) atoms. The first-order valence-corrected chi connectivity index (χ1v) is 6.34. The van der Waals surface area contributed by atoms with Crippen LogP contribution in [0.15, 0.2) is 15.9 Å². The van der Waals surface area contributed by atoms with Crippen molar-refractivity contribution < 1.29 is 4.79 Å². The maximum absolute atomic E-state index is 11.4. The molecule has 0 aromatic carbocycles. The van der Waals surface area contributed by atoms with E-state index in [-0.39, 0.29) is 0 Å². The predicted octanol–water partition coefficient (Wildman–Crippen LogP) is 2.75. The highest BCUT2D eigenvalue weighted by atomic mass is 79.9. The van der Waals surface area contributed by atoms with Crippen molar-refractivity contribution in [2.75, 3.05) is 6.54 Å². The molecular weight excluding hydrogens is 262 g/mol. The normalized spacial score (nSPS) is 10.4. The summed E-state index contributed by atoms with van der Waals surface area (Å²) in [5, 5.41) is 2.00. The lowest BCUT2D eigenvalue weighted by Crippen LogP contribution is -2.04. The van der Waals surface area contributed by atoms with E-state index in [1.165, 1.54) is 0 Å². The molecule has 0 unspecified atom stereocenters. The Balaban J connectivity index is 2.27. The summed E-state index contributed by atoms with van der Waals surface area (Å²) in [6.45, 7) is 0.678. The summed E-state index contributed by atoms with van der Waals surface area (Å²) in [5.41, 5.74) is 5.36. The van der Waals surface area contributed by atoms with E-state index in [0.717, 1.165) is 22.2 Å². The van der Waals surface area contributed by atoms with Crippen LogP contribution < -0.4 is 5.73 Å². The molecule has 0 spiro atoms. The summed E-state index contributed by atoms with van der Waals surface area (Å²) in [7, 11) is 0. The van der Waals surface area contributed by atoms with Crippen molar-refractivity contribution in [3.05, 3.63) is 20.8 Å². The van der Waals surface area contributed by atoms with E-state index in [0.29, 0.717) is 25.2 Å². The summed E-state index contributed by atoms with van der Waals surface area (Å²) >= 11 is 4.99. The number of carbonyl (C=O) groups excluding carboxylic acids is 1. The number of hydrogen-bond donors (Lipinski definition) is 1. The highest BCUT2D eigenvalue weighted by Gasteiger charge is 2.05. The van der Waals surface area contributed by atoms with Gasteiger partial charge in [0.25, 0.3) is 0 Å². The van der Waals surface area contributed by atoms with Gasteiger partial charge in [0.2, 0.25) is 0 Å². The van der Waals surface area contributed by atoms with Gasteiger partial charge in [-0.2, -0.15) is 0 Å². The van der Waals surface area contributed by atoms with Gasteiger partial charge in [0.1, 0.15) is 5.78 Å². The number of nitrogens with two attached hydrogens (primary N) is 1. The molecule has 0 aliphatic heterocycles. The Morgan fingerprint density at radius 1 is 1.50 bits per heavy atom. The molecule has 0 radical (unpaired) electrons. The number of halogens is 1. The zero-order valence-corrected chi connectivity index (χ0v) is 10.4. The minimum absolute atomic E-state index is 0.313. The molecule has 0 aliphatic rings. The molecule has 0 bridgehead atoms. The van der Waals surface area contributed by atoms with E-state index in [9.17, 15) is 4.79 Å². The minimum Gasteiger partial charge on any atom is -0.330 e. The summed E-state index contributed by atoms with van der Waals surface area (Å²) in [5.74, 6) is 0.313. The standard InChI is InChI=1S/C10H14BrNOS/c11-8-5-10(14-7-8)6-9(13)3-1-2-4-12/h5,7H,1-4,6,12H2. The van der Waals surface area contributed by atoms with Gasteiger partial charge in [-0.15, -0.1) is 11.3 Å². The van der Waals surface area contributed by atoms with Crippen LogP contribution in [-0.2, 0) is 11.2 Å². The number of thiophene rings is 1. The molecule has 0 saturated heterocycles. The van der Waals surface area contributed by atoms with Gasteiger partial charge in [0.15, 0.2) is 0 Å². The first kappa shape index (κ1) is 11.9. The van der Waals surface area contributed by atoms with Crippen LogP contribution in [0.25, 0.3) is 0 Å². The third-order valence-corrected chi connectivity index (χ3v) is 3.60. The molecule has 0 fully saturated rings. The lowest BCUT2D eigenvalue weighted by Gasteiger charge is -1.97. The minimum atomic E-state index is 0.313. The van der Waals surface area contributed by atoms with E-state index < -0.39 is 0 Å². The largest absolute Gasteiger partial charge is 0.330 e. The van der Waals surface area contributed by atoms with Crippen molar-refractivity contribution in [1.29, 1.82) is 0 Å². The van der Waals surface area contributed by atoms with Crippen molar-refractivity contribution in [1.82, 2.24) is 0 Å². The van der Waals surface area contributed by atoms with E-state index in [2.05, 4.69) is 15.9 Å². The number of carbonyl (C=O) groups is 1. The summed E-state index contributed by atoms with van der Waals surface area (Å²) in [6.07, 6.45) is 3.09. The van der Waals surface area contributed by atoms with E-state index in [4.69, 9.17) is 5.73 Å². The monoisotopic (exact) mass is 275 g/mol. The second-order valence-electron chi connectivity index (χ2n) is 3.19. The lowest BCUT2D eigenvalue weighted by atomic mass is 10.1. The predicted molar refractivity (Wildman–Crippen MR) is 63.6 cm³/mol. The second kappa shape index (κ2) is 6.32. The Morgan fingerprint density at radius 2 is 2.29 bits per heavy atom. The molecule has 1 heterocycles. The molecule has 1 rings (SSSR count). The molecule has 0 amide bonds. The van der Waals surface area contributed by atoms with Crippen LogP contribution in [0.2, 0.25) is 0 Å². The zero-order chi connectivity index (χ0) is 10.4. The zero-order valence-electron chi connectivity index (χ0n) is 7.96. The molecule has 4 heteroatoms. The fraction of sp³-hybridized carbons (Fsp3) is 0.500. The fourth-order valence-electron chi connectivity index (χ4n) is 1.20. The molecule has 1 aromatic rings. The van der Waals surface area contributed by atoms with E-state index in [1.54, 1.807) is 11.3 Å². The highest BCUT2D eigenvalue weighted by Crippen LogP contribution is 2.20. The van der Waals surface area contributed by atoms with Gasteiger partial charge in [-0.3, -0.25) is 4.79 Å². The maximum atomic E-state index is 11.4. The van der Waals surface area contributed by atoms with Crippen LogP contribution in [0.1, 0.15) is 24.1 Å². The van der Waals surface area contributed by atoms with Gasteiger partial charge in [-0.05, 0) is 41.4 Å². The van der Waals surface area contributed by atoms with Crippen LogP contribution in [-0.4, -0.2) is 12.3 Å². The Labute approximate surface area is 96.6 Å². The van der Waals surface area contributed by atoms with Crippen molar-refractivity contribution in [3.8, 4) is 0 Å². The number of hydrogen-bond acceptors (Lipinski definition) is 3. The summed E-state index contributed by atoms with van der Waals surface area (Å²) < 4.78 is 1.06. The van der Waals surface area contributed by atoms with Gasteiger partial charge < -0.3 is 5.73 Å². The third-order valence-electron chi connectivity index (χ3n) is 1.90. The highest BCUT2D eigenvalue weighted by molar-refractivity contribution is 9.10. The Morgan fingerprint density at radius 3 is 2.86 bits per heavy atom. The van der Waals surface area contributed by atoms with Gasteiger partial charge in [0.05, 0.1) is 0 Å². The SMILES string of the molecule is NCCCCC(=O)Cc1cc(Br)cs1. The van der Waals surface area contributed by atoms with Crippen molar-refractivity contribution in [2.24, 2.45) is 5.73 Å². The van der Waals surface area contributed by atoms with Crippen LogP contribution in [0, 0.1) is 0 Å². The number of Topliss-reactive ketones (excluding diaryl/α,β-unsaturated/α-hetero) is 1. The van der Waals surface area contributed by atoms with Gasteiger partial charge in [-0.25, -0.2) is 0 Å². The van der Waals surface area contributed by atoms with Gasteiger partial charge in [-0.1, -0.05) is 0 Å². The molecule has 0 aliphatic carbocycles. The number of ketones is 1. The van der Waals surface area contributed by atoms with Gasteiger partial charge in [0, 0.05) is 27.6 Å². The topological polar surface area (TPSA) is 43.1 Å². The fourth-order valence-corrected chi connectivity index (χ4v) is 2.68. The molecule has 2 N–H and O–H groups in total. The molecule has 0 atom stereocenters. The first-order chi connectivity index (χ1) is 6.72. The Kier molecular flexibility index (Phi) is 5.37. The first-order valence-electron chi connectivity index (χ1n) is 4.67. The van der Waals surface area contributed by atoms with Gasteiger partial charge >= 0.3 is 0 Å².